The number of carbonyl (C=O) groups excluding carboxylic acids is 1. The predicted molar refractivity (Wildman–Crippen MR) is 90.2 cm³/mol. The topological polar surface area (TPSA) is 84.5 Å². The molecule has 2 N–H and O–H groups in total. The van der Waals surface area contributed by atoms with Gasteiger partial charge < -0.3 is 10.1 Å². The van der Waals surface area contributed by atoms with E-state index in [1.165, 1.54) is 37.4 Å². The van der Waals surface area contributed by atoms with Gasteiger partial charge in [0.15, 0.2) is 0 Å². The molecule has 6 nitrogen and oxygen atoms in total. The molecule has 0 fully saturated rings. The fourth-order valence-electron chi connectivity index (χ4n) is 2.06. The lowest BCUT2D eigenvalue weighted by Crippen LogP contribution is -2.15. The number of hydrogen-bond acceptors (Lipinski definition) is 4. The summed E-state index contributed by atoms with van der Waals surface area (Å²) in [4.78, 5) is 12.0. The number of ether oxygens (including phenoxy) is 1. The van der Waals surface area contributed by atoms with E-state index in [4.69, 9.17) is 4.74 Å². The smallest absolute Gasteiger partial charge is 0.229 e. The van der Waals surface area contributed by atoms with Gasteiger partial charge in [-0.05, 0) is 35.9 Å². The molecule has 2 aromatic rings. The summed E-state index contributed by atoms with van der Waals surface area (Å²) in [7, 11) is -2.07. The number of rotatable bonds is 6. The first-order chi connectivity index (χ1) is 11.3. The van der Waals surface area contributed by atoms with Gasteiger partial charge in [-0.2, -0.15) is 0 Å². The highest BCUT2D eigenvalue weighted by Gasteiger charge is 2.11. The number of hydrogen-bond donors (Lipinski definition) is 2. The molecule has 0 aliphatic heterocycles. The standard InChI is InChI=1S/C16H17FN2O4S/c1-23-15-8-7-13(10-14(15)19-24(2,21)22)18-16(20)9-11-3-5-12(17)6-4-11/h3-8,10,19H,9H2,1-2H3,(H,18,20). The summed E-state index contributed by atoms with van der Waals surface area (Å²) in [6, 6.07) is 10.2. The van der Waals surface area contributed by atoms with Crippen molar-refractivity contribution in [3.8, 4) is 5.75 Å². The van der Waals surface area contributed by atoms with Crippen molar-refractivity contribution in [2.24, 2.45) is 0 Å². The Morgan fingerprint density at radius 1 is 1.17 bits per heavy atom. The van der Waals surface area contributed by atoms with Gasteiger partial charge in [0.25, 0.3) is 0 Å². The molecular formula is C16H17FN2O4S. The number of sulfonamides is 1. The number of methoxy groups -OCH3 is 1. The summed E-state index contributed by atoms with van der Waals surface area (Å²) >= 11 is 0. The highest BCUT2D eigenvalue weighted by molar-refractivity contribution is 7.92. The lowest BCUT2D eigenvalue weighted by molar-refractivity contribution is -0.115. The Morgan fingerprint density at radius 2 is 1.83 bits per heavy atom. The van der Waals surface area contributed by atoms with Gasteiger partial charge in [0, 0.05) is 5.69 Å². The average molecular weight is 352 g/mol. The molecule has 0 aliphatic rings. The molecule has 0 aliphatic carbocycles. The van der Waals surface area contributed by atoms with E-state index in [-0.39, 0.29) is 23.8 Å². The van der Waals surface area contributed by atoms with Crippen molar-refractivity contribution in [1.82, 2.24) is 0 Å². The van der Waals surface area contributed by atoms with Gasteiger partial charge >= 0.3 is 0 Å². The minimum absolute atomic E-state index is 0.0706. The van der Waals surface area contributed by atoms with Crippen LogP contribution in [0.4, 0.5) is 15.8 Å². The van der Waals surface area contributed by atoms with Crippen LogP contribution in [0.3, 0.4) is 0 Å². The maximum atomic E-state index is 12.9. The maximum Gasteiger partial charge on any atom is 0.229 e. The molecule has 0 aromatic heterocycles. The van der Waals surface area contributed by atoms with Crippen LogP contribution in [0, 0.1) is 5.82 Å². The van der Waals surface area contributed by atoms with E-state index in [2.05, 4.69) is 10.0 Å². The number of anilines is 2. The van der Waals surface area contributed by atoms with Crippen LogP contribution in [0.5, 0.6) is 5.75 Å². The van der Waals surface area contributed by atoms with Gasteiger partial charge in [0.2, 0.25) is 15.9 Å². The number of amides is 1. The van der Waals surface area contributed by atoms with Crippen LogP contribution >= 0.6 is 0 Å². The third kappa shape index (κ3) is 5.24. The first-order valence-electron chi connectivity index (χ1n) is 6.97. The average Bonchev–Trinajstić information content (AvgIpc) is 2.48. The van der Waals surface area contributed by atoms with Crippen molar-refractivity contribution < 1.29 is 22.3 Å². The zero-order chi connectivity index (χ0) is 17.7. The van der Waals surface area contributed by atoms with Crippen molar-refractivity contribution in [1.29, 1.82) is 0 Å². The molecule has 0 saturated heterocycles. The first kappa shape index (κ1) is 17.7. The van der Waals surface area contributed by atoms with E-state index in [0.29, 0.717) is 17.0 Å². The molecule has 0 bridgehead atoms. The van der Waals surface area contributed by atoms with Crippen molar-refractivity contribution in [3.63, 3.8) is 0 Å². The third-order valence-electron chi connectivity index (χ3n) is 3.06. The predicted octanol–water partition coefficient (Wildman–Crippen LogP) is 2.39. The Morgan fingerprint density at radius 3 is 2.42 bits per heavy atom. The molecule has 2 aromatic carbocycles. The van der Waals surface area contributed by atoms with Gasteiger partial charge in [0.05, 0.1) is 25.5 Å². The van der Waals surface area contributed by atoms with E-state index in [1.807, 2.05) is 0 Å². The van der Waals surface area contributed by atoms with Gasteiger partial charge in [-0.3, -0.25) is 9.52 Å². The fourth-order valence-corrected chi connectivity index (χ4v) is 2.62. The van der Waals surface area contributed by atoms with E-state index in [0.717, 1.165) is 6.26 Å². The highest BCUT2D eigenvalue weighted by Crippen LogP contribution is 2.28. The van der Waals surface area contributed by atoms with Crippen molar-refractivity contribution in [2.45, 2.75) is 6.42 Å². The molecule has 0 radical (unpaired) electrons. The monoisotopic (exact) mass is 352 g/mol. The molecule has 0 saturated carbocycles. The van der Waals surface area contributed by atoms with E-state index >= 15 is 0 Å². The minimum atomic E-state index is -3.49. The van der Waals surface area contributed by atoms with Gasteiger partial charge in [-0.25, -0.2) is 12.8 Å². The summed E-state index contributed by atoms with van der Waals surface area (Å²) in [5.74, 6) is -0.347. The second-order valence-corrected chi connectivity index (χ2v) is 6.89. The Balaban J connectivity index is 2.12. The number of halogens is 1. The van der Waals surface area contributed by atoms with Crippen LogP contribution in [0.25, 0.3) is 0 Å². The lowest BCUT2D eigenvalue weighted by atomic mass is 10.1. The Bertz CT molecular complexity index is 836. The highest BCUT2D eigenvalue weighted by atomic mass is 32.2. The normalized spacial score (nSPS) is 11.0. The summed E-state index contributed by atoms with van der Waals surface area (Å²) in [5, 5.41) is 2.66. The molecule has 0 atom stereocenters. The Hall–Kier alpha value is -2.61. The quantitative estimate of drug-likeness (QED) is 0.836. The molecule has 2 rings (SSSR count). The van der Waals surface area contributed by atoms with Crippen LogP contribution in [-0.2, 0) is 21.2 Å². The summed E-state index contributed by atoms with van der Waals surface area (Å²) in [5.41, 5.74) is 1.30. The molecule has 0 heterocycles. The summed E-state index contributed by atoms with van der Waals surface area (Å²) in [6.07, 6.45) is 1.09. The van der Waals surface area contributed by atoms with Crippen LogP contribution in [0.1, 0.15) is 5.56 Å². The Labute approximate surface area is 139 Å². The van der Waals surface area contributed by atoms with E-state index in [1.54, 1.807) is 12.1 Å². The van der Waals surface area contributed by atoms with Crippen LogP contribution in [0.15, 0.2) is 42.5 Å². The van der Waals surface area contributed by atoms with Gasteiger partial charge in [0.1, 0.15) is 11.6 Å². The molecule has 128 valence electrons. The van der Waals surface area contributed by atoms with Crippen molar-refractivity contribution >= 4 is 27.3 Å². The SMILES string of the molecule is COc1ccc(NC(=O)Cc2ccc(F)cc2)cc1NS(C)(=O)=O. The lowest BCUT2D eigenvalue weighted by Gasteiger charge is -2.12. The van der Waals surface area contributed by atoms with E-state index in [9.17, 15) is 17.6 Å². The zero-order valence-corrected chi connectivity index (χ0v) is 14.0. The fraction of sp³-hybridized carbons (Fsp3) is 0.188. The molecule has 0 unspecified atom stereocenters. The second-order valence-electron chi connectivity index (χ2n) is 5.14. The molecule has 1 amide bonds. The minimum Gasteiger partial charge on any atom is -0.495 e. The largest absolute Gasteiger partial charge is 0.495 e. The van der Waals surface area contributed by atoms with Gasteiger partial charge in [-0.1, -0.05) is 12.1 Å². The molecular weight excluding hydrogens is 335 g/mol. The van der Waals surface area contributed by atoms with Gasteiger partial charge in [-0.15, -0.1) is 0 Å². The summed E-state index contributed by atoms with van der Waals surface area (Å²) < 4.78 is 43.0. The maximum absolute atomic E-state index is 12.9. The van der Waals surface area contributed by atoms with Crippen molar-refractivity contribution in [3.05, 3.63) is 53.8 Å². The molecule has 24 heavy (non-hydrogen) atoms. The Kier molecular flexibility index (Phi) is 5.40. The zero-order valence-electron chi connectivity index (χ0n) is 13.2. The van der Waals surface area contributed by atoms with Crippen LogP contribution in [0.2, 0.25) is 0 Å². The van der Waals surface area contributed by atoms with Crippen LogP contribution in [-0.4, -0.2) is 27.7 Å². The number of carbonyl (C=O) groups is 1. The first-order valence-corrected chi connectivity index (χ1v) is 8.86. The number of nitrogens with one attached hydrogen (secondary N) is 2. The van der Waals surface area contributed by atoms with Crippen molar-refractivity contribution in [2.75, 3.05) is 23.4 Å². The molecule has 0 spiro atoms. The molecule has 8 heteroatoms. The second kappa shape index (κ2) is 7.31. The number of benzene rings is 2. The summed E-state index contributed by atoms with van der Waals surface area (Å²) in [6.45, 7) is 0. The van der Waals surface area contributed by atoms with E-state index < -0.39 is 10.0 Å². The third-order valence-corrected chi connectivity index (χ3v) is 3.65. The van der Waals surface area contributed by atoms with Crippen LogP contribution < -0.4 is 14.8 Å².